The highest BCUT2D eigenvalue weighted by Crippen LogP contribution is 2.32. The highest BCUT2D eigenvalue weighted by atomic mass is 35.5. The number of nitrogens with zero attached hydrogens (tertiary/aromatic N) is 1. The fourth-order valence-electron chi connectivity index (χ4n) is 1.82. The van der Waals surface area contributed by atoms with Crippen molar-refractivity contribution in [2.45, 2.75) is 0 Å². The molecule has 1 aromatic rings. The molecule has 1 aliphatic rings. The standard InChI is InChI=1S/C13H12ClNO3/c1-8(6-14)7-15-11-5-9(18-2)3-4-10(11)12(16)13(15)17/h3-5H,1,6-7H2,2H3. The molecule has 0 aromatic heterocycles. The van der Waals surface area contributed by atoms with Crippen LogP contribution in [0.1, 0.15) is 10.4 Å². The Morgan fingerprint density at radius 1 is 1.44 bits per heavy atom. The second kappa shape index (κ2) is 4.82. The predicted molar refractivity (Wildman–Crippen MR) is 69.5 cm³/mol. The van der Waals surface area contributed by atoms with Gasteiger partial charge in [-0.2, -0.15) is 0 Å². The maximum absolute atomic E-state index is 11.9. The van der Waals surface area contributed by atoms with E-state index in [0.29, 0.717) is 22.6 Å². The number of methoxy groups -OCH3 is 1. The molecule has 0 N–H and O–H groups in total. The first-order valence-electron chi connectivity index (χ1n) is 5.35. The molecule has 0 saturated heterocycles. The molecule has 1 amide bonds. The largest absolute Gasteiger partial charge is 0.497 e. The minimum absolute atomic E-state index is 0.244. The highest BCUT2D eigenvalue weighted by molar-refractivity contribution is 6.52. The fourth-order valence-corrected chi connectivity index (χ4v) is 1.91. The Labute approximate surface area is 110 Å². The molecule has 18 heavy (non-hydrogen) atoms. The molecule has 0 bridgehead atoms. The molecule has 1 aliphatic heterocycles. The molecule has 94 valence electrons. The van der Waals surface area contributed by atoms with E-state index in [9.17, 15) is 9.59 Å². The minimum atomic E-state index is -0.551. The van der Waals surface area contributed by atoms with Gasteiger partial charge in [0.15, 0.2) is 0 Å². The first kappa shape index (κ1) is 12.6. The number of carbonyl (C=O) groups excluding carboxylic acids is 2. The summed E-state index contributed by atoms with van der Waals surface area (Å²) in [5.74, 6) is -0.214. The molecule has 0 saturated carbocycles. The van der Waals surface area contributed by atoms with Gasteiger partial charge < -0.3 is 9.64 Å². The molecule has 0 radical (unpaired) electrons. The second-order valence-corrected chi connectivity index (χ2v) is 4.25. The van der Waals surface area contributed by atoms with Crippen LogP contribution in [0.5, 0.6) is 5.75 Å². The maximum Gasteiger partial charge on any atom is 0.299 e. The molecule has 0 atom stereocenters. The number of Topliss-reactive ketones (excluding diaryl/α,β-unsaturated/α-hetero) is 1. The van der Waals surface area contributed by atoms with E-state index >= 15 is 0 Å². The lowest BCUT2D eigenvalue weighted by Gasteiger charge is -2.17. The van der Waals surface area contributed by atoms with Gasteiger partial charge in [-0.25, -0.2) is 0 Å². The molecule has 0 fully saturated rings. The topological polar surface area (TPSA) is 46.6 Å². The van der Waals surface area contributed by atoms with Crippen LogP contribution in [-0.4, -0.2) is 31.2 Å². The Bertz CT molecular complexity index is 539. The minimum Gasteiger partial charge on any atom is -0.497 e. The Morgan fingerprint density at radius 3 is 2.78 bits per heavy atom. The first-order valence-corrected chi connectivity index (χ1v) is 5.88. The van der Waals surface area contributed by atoms with Gasteiger partial charge >= 0.3 is 0 Å². The summed E-state index contributed by atoms with van der Waals surface area (Å²) in [6.45, 7) is 3.99. The summed E-state index contributed by atoms with van der Waals surface area (Å²) in [6.07, 6.45) is 0. The van der Waals surface area contributed by atoms with Crippen LogP contribution in [-0.2, 0) is 4.79 Å². The molecule has 5 heteroatoms. The van der Waals surface area contributed by atoms with Crippen molar-refractivity contribution in [3.63, 3.8) is 0 Å². The third-order valence-corrected chi connectivity index (χ3v) is 3.13. The second-order valence-electron chi connectivity index (χ2n) is 3.99. The molecule has 0 aliphatic carbocycles. The van der Waals surface area contributed by atoms with Crippen molar-refractivity contribution < 1.29 is 14.3 Å². The van der Waals surface area contributed by atoms with E-state index in [-0.39, 0.29) is 12.4 Å². The van der Waals surface area contributed by atoms with Crippen LogP contribution in [0.4, 0.5) is 5.69 Å². The SMILES string of the molecule is C=C(CCl)CN1C(=O)C(=O)c2ccc(OC)cc21. The van der Waals surface area contributed by atoms with Crippen molar-refractivity contribution in [1.29, 1.82) is 0 Å². The van der Waals surface area contributed by atoms with Crippen molar-refractivity contribution in [1.82, 2.24) is 0 Å². The normalized spacial score (nSPS) is 13.8. The zero-order valence-electron chi connectivity index (χ0n) is 9.90. The fraction of sp³-hybridized carbons (Fsp3) is 0.231. The molecular weight excluding hydrogens is 254 g/mol. The van der Waals surface area contributed by atoms with Crippen LogP contribution < -0.4 is 9.64 Å². The monoisotopic (exact) mass is 265 g/mol. The molecule has 4 nitrogen and oxygen atoms in total. The van der Waals surface area contributed by atoms with Crippen molar-refractivity contribution in [2.24, 2.45) is 0 Å². The van der Waals surface area contributed by atoms with E-state index in [4.69, 9.17) is 16.3 Å². The van der Waals surface area contributed by atoms with E-state index in [0.717, 1.165) is 0 Å². The highest BCUT2D eigenvalue weighted by Gasteiger charge is 2.36. The van der Waals surface area contributed by atoms with Gasteiger partial charge in [-0.15, -0.1) is 11.6 Å². The average Bonchev–Trinajstić information content (AvgIpc) is 2.63. The smallest absolute Gasteiger partial charge is 0.299 e. The Morgan fingerprint density at radius 2 is 2.17 bits per heavy atom. The van der Waals surface area contributed by atoms with Crippen molar-refractivity contribution >= 4 is 29.0 Å². The number of amides is 1. The van der Waals surface area contributed by atoms with Crippen molar-refractivity contribution in [3.05, 3.63) is 35.9 Å². The number of ether oxygens (including phenoxy) is 1. The quantitative estimate of drug-likeness (QED) is 0.475. The number of hydrogen-bond donors (Lipinski definition) is 0. The summed E-state index contributed by atoms with van der Waals surface area (Å²) in [5, 5.41) is 0. The van der Waals surface area contributed by atoms with Crippen LogP contribution in [0.3, 0.4) is 0 Å². The number of ketones is 1. The lowest BCUT2D eigenvalue weighted by molar-refractivity contribution is -0.114. The van der Waals surface area contributed by atoms with Crippen LogP contribution in [0.15, 0.2) is 30.4 Å². The summed E-state index contributed by atoms with van der Waals surface area (Å²) in [7, 11) is 1.53. The molecule has 0 unspecified atom stereocenters. The number of hydrogen-bond acceptors (Lipinski definition) is 3. The van der Waals surface area contributed by atoms with Gasteiger partial charge in [0.2, 0.25) is 0 Å². The number of benzene rings is 1. The van der Waals surface area contributed by atoms with Gasteiger partial charge in [0, 0.05) is 18.5 Å². The zero-order chi connectivity index (χ0) is 13.3. The summed E-state index contributed by atoms with van der Waals surface area (Å²) in [4.78, 5) is 25.0. The van der Waals surface area contributed by atoms with Crippen LogP contribution in [0.2, 0.25) is 0 Å². The lowest BCUT2D eigenvalue weighted by Crippen LogP contribution is -2.31. The summed E-state index contributed by atoms with van der Waals surface area (Å²) in [5.41, 5.74) is 1.62. The Hall–Kier alpha value is -1.81. The summed E-state index contributed by atoms with van der Waals surface area (Å²) < 4.78 is 5.09. The molecule has 0 spiro atoms. The molecule has 1 heterocycles. The number of fused-ring (bicyclic) bond motifs is 1. The molecule has 1 aromatic carbocycles. The predicted octanol–water partition coefficient (Wildman–Crippen LogP) is 2.02. The third-order valence-electron chi connectivity index (χ3n) is 2.75. The van der Waals surface area contributed by atoms with E-state index in [1.807, 2.05) is 0 Å². The number of anilines is 1. The first-order chi connectivity index (χ1) is 8.58. The van der Waals surface area contributed by atoms with Crippen LogP contribution in [0.25, 0.3) is 0 Å². The van der Waals surface area contributed by atoms with Gasteiger partial charge in [0.05, 0.1) is 18.4 Å². The van der Waals surface area contributed by atoms with E-state index in [1.54, 1.807) is 18.2 Å². The number of halogens is 1. The number of rotatable bonds is 4. The van der Waals surface area contributed by atoms with E-state index in [1.165, 1.54) is 12.0 Å². The molecular formula is C13H12ClNO3. The van der Waals surface area contributed by atoms with Gasteiger partial charge in [-0.05, 0) is 17.7 Å². The summed E-state index contributed by atoms with van der Waals surface area (Å²) >= 11 is 5.65. The number of carbonyl (C=O) groups is 2. The van der Waals surface area contributed by atoms with Crippen molar-refractivity contribution in [3.8, 4) is 5.75 Å². The van der Waals surface area contributed by atoms with Crippen LogP contribution >= 0.6 is 11.6 Å². The van der Waals surface area contributed by atoms with E-state index in [2.05, 4.69) is 6.58 Å². The maximum atomic E-state index is 11.9. The van der Waals surface area contributed by atoms with Crippen LogP contribution in [0, 0.1) is 0 Å². The average molecular weight is 266 g/mol. The van der Waals surface area contributed by atoms with Gasteiger partial charge in [-0.3, -0.25) is 9.59 Å². The van der Waals surface area contributed by atoms with Crippen molar-refractivity contribution in [2.75, 3.05) is 24.4 Å². The zero-order valence-corrected chi connectivity index (χ0v) is 10.7. The van der Waals surface area contributed by atoms with E-state index < -0.39 is 11.7 Å². The van der Waals surface area contributed by atoms with Gasteiger partial charge in [0.25, 0.3) is 11.7 Å². The summed E-state index contributed by atoms with van der Waals surface area (Å²) in [6, 6.07) is 4.92. The van der Waals surface area contributed by atoms with Gasteiger partial charge in [-0.1, -0.05) is 6.58 Å². The third kappa shape index (κ3) is 1.99. The number of alkyl halides is 1. The Kier molecular flexibility index (Phi) is 3.39. The van der Waals surface area contributed by atoms with Gasteiger partial charge in [0.1, 0.15) is 5.75 Å². The molecule has 2 rings (SSSR count). The Balaban J connectivity index is 2.42. The lowest BCUT2D eigenvalue weighted by atomic mass is 10.1.